The van der Waals surface area contributed by atoms with Crippen molar-refractivity contribution in [3.05, 3.63) is 14.2 Å². The number of piperidine rings is 1. The number of halogens is 1. The molecule has 0 radical (unpaired) electrons. The Balaban J connectivity index is 2.04. The third-order valence-electron chi connectivity index (χ3n) is 3.26. The molecule has 19 heavy (non-hydrogen) atoms. The summed E-state index contributed by atoms with van der Waals surface area (Å²) >= 11 is 4.44. The van der Waals surface area contributed by atoms with Crippen LogP contribution >= 0.6 is 27.3 Å². The van der Waals surface area contributed by atoms with Crippen molar-refractivity contribution < 1.29 is 14.7 Å². The van der Waals surface area contributed by atoms with Crippen LogP contribution in [-0.2, 0) is 4.79 Å². The van der Waals surface area contributed by atoms with E-state index in [9.17, 15) is 14.7 Å². The van der Waals surface area contributed by atoms with E-state index in [0.717, 1.165) is 37.2 Å². The van der Waals surface area contributed by atoms with Crippen LogP contribution in [0.3, 0.4) is 0 Å². The van der Waals surface area contributed by atoms with Crippen LogP contribution in [0.15, 0.2) is 4.47 Å². The van der Waals surface area contributed by atoms with Crippen LogP contribution in [0.25, 0.3) is 0 Å². The van der Waals surface area contributed by atoms with E-state index in [1.165, 1.54) is 11.3 Å². The lowest BCUT2D eigenvalue weighted by molar-refractivity contribution is -0.131. The first-order chi connectivity index (χ1) is 9.00. The van der Waals surface area contributed by atoms with Gasteiger partial charge in [0.2, 0.25) is 5.91 Å². The van der Waals surface area contributed by atoms with Crippen molar-refractivity contribution in [2.24, 2.45) is 0 Å². The first kappa shape index (κ1) is 14.5. The second kappa shape index (κ2) is 6.05. The van der Waals surface area contributed by atoms with Gasteiger partial charge in [0.05, 0.1) is 10.9 Å². The zero-order chi connectivity index (χ0) is 14.0. The highest BCUT2D eigenvalue weighted by molar-refractivity contribution is 9.10. The van der Waals surface area contributed by atoms with Crippen molar-refractivity contribution in [2.45, 2.75) is 32.6 Å². The van der Waals surface area contributed by atoms with Crippen LogP contribution in [0.1, 0.15) is 40.2 Å². The first-order valence-electron chi connectivity index (χ1n) is 6.29. The molecule has 4 nitrogen and oxygen atoms in total. The Kier molecular flexibility index (Phi) is 4.62. The minimum Gasteiger partial charge on any atom is -0.505 e. The average molecular weight is 346 g/mol. The van der Waals surface area contributed by atoms with Gasteiger partial charge in [-0.3, -0.25) is 9.59 Å². The van der Waals surface area contributed by atoms with Gasteiger partial charge in [0.25, 0.3) is 0 Å². The Bertz CT molecular complexity index is 506. The van der Waals surface area contributed by atoms with Gasteiger partial charge in [-0.2, -0.15) is 0 Å². The summed E-state index contributed by atoms with van der Waals surface area (Å²) in [5.41, 5.74) is 0. The molecule has 2 heterocycles. The Morgan fingerprint density at radius 1 is 1.32 bits per heavy atom. The van der Waals surface area contributed by atoms with Crippen molar-refractivity contribution in [3.63, 3.8) is 0 Å². The number of aryl methyl sites for hydroxylation is 1. The van der Waals surface area contributed by atoms with Gasteiger partial charge < -0.3 is 10.0 Å². The van der Waals surface area contributed by atoms with Gasteiger partial charge in [-0.25, -0.2) is 0 Å². The Morgan fingerprint density at radius 2 is 1.95 bits per heavy atom. The molecule has 104 valence electrons. The standard InChI is InChI=1S/C13H16BrNO3S/c1-8-11(14)12(18)13(19-8)9(16)7-10(17)15-5-3-2-4-6-15/h18H,2-7H2,1H3. The van der Waals surface area contributed by atoms with Gasteiger partial charge in [0.1, 0.15) is 4.88 Å². The number of aromatic hydroxyl groups is 1. The maximum Gasteiger partial charge on any atom is 0.230 e. The molecule has 0 atom stereocenters. The topological polar surface area (TPSA) is 57.6 Å². The largest absolute Gasteiger partial charge is 0.505 e. The Labute approximate surface area is 124 Å². The average Bonchev–Trinajstić information content (AvgIpc) is 2.67. The number of carbonyl (C=O) groups excluding carboxylic acids is 2. The van der Waals surface area contributed by atoms with Crippen molar-refractivity contribution in [2.75, 3.05) is 13.1 Å². The molecular weight excluding hydrogens is 330 g/mol. The fourth-order valence-corrected chi connectivity index (χ4v) is 3.62. The number of hydrogen-bond acceptors (Lipinski definition) is 4. The van der Waals surface area contributed by atoms with E-state index in [2.05, 4.69) is 15.9 Å². The first-order valence-corrected chi connectivity index (χ1v) is 7.90. The molecule has 1 fully saturated rings. The highest BCUT2D eigenvalue weighted by Gasteiger charge is 2.24. The predicted molar refractivity (Wildman–Crippen MR) is 77.8 cm³/mol. The highest BCUT2D eigenvalue weighted by atomic mass is 79.9. The van der Waals surface area contributed by atoms with Crippen molar-refractivity contribution in [1.82, 2.24) is 4.90 Å². The van der Waals surface area contributed by atoms with Gasteiger partial charge in [-0.05, 0) is 42.1 Å². The van der Waals surface area contributed by atoms with Crippen LogP contribution in [0.4, 0.5) is 0 Å². The van der Waals surface area contributed by atoms with E-state index in [-0.39, 0.29) is 28.7 Å². The molecule has 0 spiro atoms. The second-order valence-electron chi connectivity index (χ2n) is 4.69. The smallest absolute Gasteiger partial charge is 0.230 e. The van der Waals surface area contributed by atoms with E-state index in [0.29, 0.717) is 4.47 Å². The third-order valence-corrected chi connectivity index (χ3v) is 5.63. The summed E-state index contributed by atoms with van der Waals surface area (Å²) in [6.07, 6.45) is 3.01. The minimum atomic E-state index is -0.299. The van der Waals surface area contributed by atoms with Crippen LogP contribution in [0, 0.1) is 6.92 Å². The molecule has 1 amide bonds. The molecule has 0 saturated carbocycles. The van der Waals surface area contributed by atoms with Crippen molar-refractivity contribution in [3.8, 4) is 5.75 Å². The molecular formula is C13H16BrNO3S. The summed E-state index contributed by atoms with van der Waals surface area (Å²) in [6, 6.07) is 0. The minimum absolute atomic E-state index is 0.0426. The fraction of sp³-hybridized carbons (Fsp3) is 0.538. The predicted octanol–water partition coefficient (Wildman–Crippen LogP) is 3.11. The monoisotopic (exact) mass is 345 g/mol. The van der Waals surface area contributed by atoms with Gasteiger partial charge in [-0.15, -0.1) is 11.3 Å². The lowest BCUT2D eigenvalue weighted by atomic mass is 10.1. The molecule has 1 N–H and O–H groups in total. The number of nitrogens with zero attached hydrogens (tertiary/aromatic N) is 1. The highest BCUT2D eigenvalue weighted by Crippen LogP contribution is 2.38. The maximum atomic E-state index is 12.1. The number of hydrogen-bond donors (Lipinski definition) is 1. The summed E-state index contributed by atoms with van der Waals surface area (Å²) in [4.78, 5) is 26.9. The molecule has 0 bridgehead atoms. The molecule has 0 aliphatic carbocycles. The number of likely N-dealkylation sites (tertiary alicyclic amines) is 1. The summed E-state index contributed by atoms with van der Waals surface area (Å²) < 4.78 is 0.547. The van der Waals surface area contributed by atoms with Crippen LogP contribution in [-0.4, -0.2) is 34.8 Å². The van der Waals surface area contributed by atoms with E-state index in [4.69, 9.17) is 0 Å². The van der Waals surface area contributed by atoms with E-state index in [1.807, 2.05) is 6.92 Å². The molecule has 2 rings (SSSR count). The molecule has 1 aromatic heterocycles. The Morgan fingerprint density at radius 3 is 2.47 bits per heavy atom. The van der Waals surface area contributed by atoms with E-state index >= 15 is 0 Å². The lowest BCUT2D eigenvalue weighted by Gasteiger charge is -2.26. The molecule has 0 unspecified atom stereocenters. The lowest BCUT2D eigenvalue weighted by Crippen LogP contribution is -2.36. The molecule has 1 saturated heterocycles. The molecule has 1 aromatic rings. The Hall–Kier alpha value is -0.880. The number of Topliss-reactive ketones (excluding diaryl/α,β-unsaturated/α-hetero) is 1. The maximum absolute atomic E-state index is 12.1. The number of thiophene rings is 1. The van der Waals surface area contributed by atoms with Crippen LogP contribution in [0.5, 0.6) is 5.75 Å². The molecule has 0 aromatic carbocycles. The van der Waals surface area contributed by atoms with Crippen molar-refractivity contribution in [1.29, 1.82) is 0 Å². The van der Waals surface area contributed by atoms with E-state index in [1.54, 1.807) is 4.90 Å². The van der Waals surface area contributed by atoms with Crippen LogP contribution < -0.4 is 0 Å². The van der Waals surface area contributed by atoms with E-state index < -0.39 is 0 Å². The van der Waals surface area contributed by atoms with Crippen molar-refractivity contribution >= 4 is 39.0 Å². The molecule has 1 aliphatic rings. The second-order valence-corrected chi connectivity index (χ2v) is 6.71. The summed E-state index contributed by atoms with van der Waals surface area (Å²) in [6.45, 7) is 3.30. The van der Waals surface area contributed by atoms with Crippen LogP contribution in [0.2, 0.25) is 0 Å². The number of rotatable bonds is 3. The summed E-state index contributed by atoms with van der Waals surface area (Å²) in [5, 5.41) is 9.83. The van der Waals surface area contributed by atoms with Gasteiger partial charge in [0.15, 0.2) is 11.5 Å². The third kappa shape index (κ3) is 3.17. The summed E-state index contributed by atoms with van der Waals surface area (Å²) in [5.74, 6) is -0.475. The van der Waals surface area contributed by atoms with Gasteiger partial charge >= 0.3 is 0 Å². The van der Waals surface area contributed by atoms with Gasteiger partial charge in [-0.1, -0.05) is 0 Å². The normalized spacial score (nSPS) is 15.6. The zero-order valence-electron chi connectivity index (χ0n) is 10.7. The molecule has 1 aliphatic heterocycles. The SMILES string of the molecule is Cc1sc(C(=O)CC(=O)N2CCCCC2)c(O)c1Br. The quantitative estimate of drug-likeness (QED) is 0.676. The number of ketones is 1. The van der Waals surface area contributed by atoms with Gasteiger partial charge in [0, 0.05) is 18.0 Å². The number of amides is 1. The molecule has 6 heteroatoms. The zero-order valence-corrected chi connectivity index (χ0v) is 13.1. The summed E-state index contributed by atoms with van der Waals surface area (Å²) in [7, 11) is 0. The fourth-order valence-electron chi connectivity index (χ4n) is 2.17. The number of carbonyl (C=O) groups is 2.